The smallest absolute Gasteiger partial charge is 0.253 e. The molecule has 3 aromatic rings. The SMILES string of the molecule is CC(C)c1ccc(S(=O)(=O)N2CCN(C(=O)c3ccc(-n4cccc4)cc3)CC2)cc1. The van der Waals surface area contributed by atoms with Gasteiger partial charge in [0.05, 0.1) is 4.90 Å². The summed E-state index contributed by atoms with van der Waals surface area (Å²) in [6, 6.07) is 18.4. The van der Waals surface area contributed by atoms with E-state index in [9.17, 15) is 13.2 Å². The van der Waals surface area contributed by atoms with Gasteiger partial charge in [-0.2, -0.15) is 4.31 Å². The van der Waals surface area contributed by atoms with Gasteiger partial charge in [0, 0.05) is 49.8 Å². The zero-order chi connectivity index (χ0) is 22.0. The largest absolute Gasteiger partial charge is 0.336 e. The highest BCUT2D eigenvalue weighted by atomic mass is 32.2. The Labute approximate surface area is 183 Å². The number of aromatic nitrogens is 1. The molecular weight excluding hydrogens is 410 g/mol. The van der Waals surface area contributed by atoms with E-state index in [-0.39, 0.29) is 5.91 Å². The third kappa shape index (κ3) is 4.43. The molecular formula is C24H27N3O3S. The van der Waals surface area contributed by atoms with E-state index in [1.165, 1.54) is 4.31 Å². The molecule has 0 spiro atoms. The number of hydrogen-bond donors (Lipinski definition) is 0. The van der Waals surface area contributed by atoms with E-state index in [1.807, 2.05) is 65.5 Å². The zero-order valence-electron chi connectivity index (χ0n) is 17.8. The summed E-state index contributed by atoms with van der Waals surface area (Å²) in [5, 5.41) is 0. The first-order chi connectivity index (χ1) is 14.9. The van der Waals surface area contributed by atoms with Crippen LogP contribution < -0.4 is 0 Å². The fourth-order valence-electron chi connectivity index (χ4n) is 3.77. The molecule has 1 aliphatic heterocycles. The summed E-state index contributed by atoms with van der Waals surface area (Å²) in [6.45, 7) is 5.49. The van der Waals surface area contributed by atoms with Crippen molar-refractivity contribution >= 4 is 15.9 Å². The highest BCUT2D eigenvalue weighted by Gasteiger charge is 2.30. The van der Waals surface area contributed by atoms with Gasteiger partial charge >= 0.3 is 0 Å². The summed E-state index contributed by atoms with van der Waals surface area (Å²) >= 11 is 0. The molecule has 0 radical (unpaired) electrons. The van der Waals surface area contributed by atoms with Gasteiger partial charge in [-0.1, -0.05) is 26.0 Å². The summed E-state index contributed by atoms with van der Waals surface area (Å²) in [5.41, 5.74) is 2.70. The van der Waals surface area contributed by atoms with Gasteiger partial charge in [-0.05, 0) is 60.0 Å². The minimum atomic E-state index is -3.56. The molecule has 1 amide bonds. The van der Waals surface area contributed by atoms with Crippen molar-refractivity contribution in [1.82, 2.24) is 13.8 Å². The van der Waals surface area contributed by atoms with Gasteiger partial charge in [-0.25, -0.2) is 8.42 Å². The van der Waals surface area contributed by atoms with Gasteiger partial charge in [0.2, 0.25) is 10.0 Å². The van der Waals surface area contributed by atoms with Crippen molar-refractivity contribution in [2.45, 2.75) is 24.7 Å². The Kier molecular flexibility index (Phi) is 5.98. The first-order valence-electron chi connectivity index (χ1n) is 10.5. The molecule has 6 nitrogen and oxygen atoms in total. The van der Waals surface area contributed by atoms with Crippen molar-refractivity contribution in [3.8, 4) is 5.69 Å². The van der Waals surface area contributed by atoms with Crippen LogP contribution in [0.2, 0.25) is 0 Å². The van der Waals surface area contributed by atoms with Crippen LogP contribution in [0.1, 0.15) is 35.7 Å². The van der Waals surface area contributed by atoms with Crippen LogP contribution in [0.25, 0.3) is 5.69 Å². The molecule has 0 bridgehead atoms. The number of carbonyl (C=O) groups is 1. The number of sulfonamides is 1. The Balaban J connectivity index is 1.40. The topological polar surface area (TPSA) is 62.6 Å². The zero-order valence-corrected chi connectivity index (χ0v) is 18.6. The Morgan fingerprint density at radius 3 is 1.97 bits per heavy atom. The van der Waals surface area contributed by atoms with Crippen molar-refractivity contribution in [2.24, 2.45) is 0 Å². The second-order valence-electron chi connectivity index (χ2n) is 8.06. The highest BCUT2D eigenvalue weighted by molar-refractivity contribution is 7.89. The Morgan fingerprint density at radius 2 is 1.42 bits per heavy atom. The molecule has 1 aliphatic rings. The molecule has 2 heterocycles. The molecule has 0 aliphatic carbocycles. The van der Waals surface area contributed by atoms with E-state index < -0.39 is 10.0 Å². The van der Waals surface area contributed by atoms with Crippen molar-refractivity contribution in [1.29, 1.82) is 0 Å². The number of nitrogens with zero attached hydrogens (tertiary/aromatic N) is 3. The first-order valence-corrected chi connectivity index (χ1v) is 11.9. The quantitative estimate of drug-likeness (QED) is 0.611. The molecule has 0 atom stereocenters. The van der Waals surface area contributed by atoms with E-state index in [0.29, 0.717) is 42.6 Å². The molecule has 0 saturated carbocycles. The second kappa shape index (κ2) is 8.69. The van der Waals surface area contributed by atoms with E-state index in [4.69, 9.17) is 0 Å². The highest BCUT2D eigenvalue weighted by Crippen LogP contribution is 2.22. The molecule has 2 aromatic carbocycles. The number of carbonyl (C=O) groups excluding carboxylic acids is 1. The van der Waals surface area contributed by atoms with Crippen LogP contribution in [0, 0.1) is 0 Å². The van der Waals surface area contributed by atoms with Gasteiger partial charge in [0.15, 0.2) is 0 Å². The Bertz CT molecular complexity index is 1130. The first kappa shape index (κ1) is 21.3. The third-order valence-electron chi connectivity index (χ3n) is 5.73. The normalized spacial score (nSPS) is 15.4. The predicted octanol–water partition coefficient (Wildman–Crippen LogP) is 3.75. The standard InChI is InChI=1S/C24H27N3O3S/c1-19(2)20-7-11-23(12-8-20)31(29,30)27-17-15-26(16-18-27)24(28)21-5-9-22(10-6-21)25-13-3-4-14-25/h3-14,19H,15-18H2,1-2H3. The number of hydrogen-bond acceptors (Lipinski definition) is 3. The van der Waals surface area contributed by atoms with E-state index in [1.54, 1.807) is 17.0 Å². The summed E-state index contributed by atoms with van der Waals surface area (Å²) < 4.78 is 29.4. The number of piperazine rings is 1. The minimum Gasteiger partial charge on any atom is -0.336 e. The van der Waals surface area contributed by atoms with Crippen LogP contribution in [0.3, 0.4) is 0 Å². The summed E-state index contributed by atoms with van der Waals surface area (Å²) in [5.74, 6) is 0.279. The predicted molar refractivity (Wildman–Crippen MR) is 121 cm³/mol. The molecule has 4 rings (SSSR count). The average Bonchev–Trinajstić information content (AvgIpc) is 3.34. The fraction of sp³-hybridized carbons (Fsp3) is 0.292. The maximum atomic E-state index is 13.0. The van der Waals surface area contributed by atoms with Gasteiger partial charge in [0.1, 0.15) is 0 Å². The Hall–Kier alpha value is -2.90. The van der Waals surface area contributed by atoms with Crippen molar-refractivity contribution in [3.05, 3.63) is 84.2 Å². The van der Waals surface area contributed by atoms with Gasteiger partial charge in [-0.15, -0.1) is 0 Å². The summed E-state index contributed by atoms with van der Waals surface area (Å²) in [4.78, 5) is 14.9. The molecule has 0 unspecified atom stereocenters. The maximum absolute atomic E-state index is 13.0. The maximum Gasteiger partial charge on any atom is 0.253 e. The van der Waals surface area contributed by atoms with Crippen LogP contribution in [0.4, 0.5) is 0 Å². The van der Waals surface area contributed by atoms with E-state index in [2.05, 4.69) is 13.8 Å². The number of rotatable bonds is 5. The van der Waals surface area contributed by atoms with Crippen molar-refractivity contribution < 1.29 is 13.2 Å². The Morgan fingerprint density at radius 1 is 0.839 bits per heavy atom. The van der Waals surface area contributed by atoms with Gasteiger partial charge in [0.25, 0.3) is 5.91 Å². The van der Waals surface area contributed by atoms with Gasteiger partial charge < -0.3 is 9.47 Å². The lowest BCUT2D eigenvalue weighted by Gasteiger charge is -2.34. The van der Waals surface area contributed by atoms with Crippen LogP contribution in [0.15, 0.2) is 78.0 Å². The number of amides is 1. The molecule has 7 heteroatoms. The van der Waals surface area contributed by atoms with Crippen molar-refractivity contribution in [2.75, 3.05) is 26.2 Å². The van der Waals surface area contributed by atoms with Crippen LogP contribution in [0.5, 0.6) is 0 Å². The van der Waals surface area contributed by atoms with Gasteiger partial charge in [-0.3, -0.25) is 4.79 Å². The minimum absolute atomic E-state index is 0.0719. The van der Waals surface area contributed by atoms with Crippen molar-refractivity contribution in [3.63, 3.8) is 0 Å². The molecule has 0 N–H and O–H groups in total. The lowest BCUT2D eigenvalue weighted by atomic mass is 10.0. The van der Waals surface area contributed by atoms with Crippen LogP contribution in [-0.2, 0) is 10.0 Å². The molecule has 31 heavy (non-hydrogen) atoms. The second-order valence-corrected chi connectivity index (χ2v) is 10.00. The van der Waals surface area contributed by atoms with Crippen LogP contribution in [-0.4, -0.2) is 54.3 Å². The summed E-state index contributed by atoms with van der Waals surface area (Å²) in [7, 11) is -3.56. The molecule has 162 valence electrons. The lowest BCUT2D eigenvalue weighted by molar-refractivity contribution is 0.0698. The molecule has 1 aromatic heterocycles. The molecule has 1 fully saturated rings. The van der Waals surface area contributed by atoms with E-state index in [0.717, 1.165) is 11.3 Å². The van der Waals surface area contributed by atoms with Crippen LogP contribution >= 0.6 is 0 Å². The lowest BCUT2D eigenvalue weighted by Crippen LogP contribution is -2.50. The third-order valence-corrected chi connectivity index (χ3v) is 7.64. The van der Waals surface area contributed by atoms with E-state index >= 15 is 0 Å². The summed E-state index contributed by atoms with van der Waals surface area (Å²) in [6.07, 6.45) is 3.90. The number of benzene rings is 2. The monoisotopic (exact) mass is 437 g/mol. The molecule has 1 saturated heterocycles. The average molecular weight is 438 g/mol. The fourth-order valence-corrected chi connectivity index (χ4v) is 5.19.